The van der Waals surface area contributed by atoms with E-state index in [0.29, 0.717) is 19.1 Å². The van der Waals surface area contributed by atoms with Crippen molar-refractivity contribution in [3.05, 3.63) is 11.4 Å². The quantitative estimate of drug-likeness (QED) is 0.720. The second-order valence-corrected chi connectivity index (χ2v) is 3.98. The van der Waals surface area contributed by atoms with Gasteiger partial charge in [0.2, 0.25) is 5.88 Å². The summed E-state index contributed by atoms with van der Waals surface area (Å²) in [6, 6.07) is 0. The van der Waals surface area contributed by atoms with Crippen molar-refractivity contribution in [3.63, 3.8) is 0 Å². The Morgan fingerprint density at radius 2 is 1.89 bits per heavy atom. The number of anilines is 1. The third kappa shape index (κ3) is 4.14. The zero-order valence-electron chi connectivity index (χ0n) is 11.7. The molecule has 0 unspecified atom stereocenters. The Bertz CT molecular complexity index is 369. The summed E-state index contributed by atoms with van der Waals surface area (Å²) in [6.07, 6.45) is 1.81. The fourth-order valence-corrected chi connectivity index (χ4v) is 1.53. The standard InChI is InChI=1S/C13H23N3O2/c1-5-7-17-8-9-18-13-10(3)12(14-4)15-11(6-2)16-13/h5-9H2,1-4H3,(H,14,15,16). The Balaban J connectivity index is 2.63. The summed E-state index contributed by atoms with van der Waals surface area (Å²) in [4.78, 5) is 8.78. The second-order valence-electron chi connectivity index (χ2n) is 3.98. The van der Waals surface area contributed by atoms with Gasteiger partial charge in [-0.05, 0) is 13.3 Å². The summed E-state index contributed by atoms with van der Waals surface area (Å²) in [7, 11) is 1.85. The van der Waals surface area contributed by atoms with Crippen LogP contribution in [-0.4, -0.2) is 36.8 Å². The van der Waals surface area contributed by atoms with Gasteiger partial charge in [-0.2, -0.15) is 4.98 Å². The number of aromatic nitrogens is 2. The summed E-state index contributed by atoms with van der Waals surface area (Å²) >= 11 is 0. The molecule has 0 radical (unpaired) electrons. The molecule has 1 aromatic rings. The lowest BCUT2D eigenvalue weighted by Gasteiger charge is -2.12. The Morgan fingerprint density at radius 3 is 2.50 bits per heavy atom. The third-order valence-electron chi connectivity index (χ3n) is 2.52. The van der Waals surface area contributed by atoms with Crippen LogP contribution in [0.5, 0.6) is 5.88 Å². The van der Waals surface area contributed by atoms with Crippen molar-refractivity contribution in [3.8, 4) is 5.88 Å². The van der Waals surface area contributed by atoms with E-state index in [1.165, 1.54) is 0 Å². The van der Waals surface area contributed by atoms with E-state index in [0.717, 1.165) is 36.7 Å². The number of ether oxygens (including phenoxy) is 2. The van der Waals surface area contributed by atoms with Crippen LogP contribution in [0.25, 0.3) is 0 Å². The molecule has 0 fully saturated rings. The monoisotopic (exact) mass is 253 g/mol. The molecular formula is C13H23N3O2. The number of hydrogen-bond donors (Lipinski definition) is 1. The van der Waals surface area contributed by atoms with Gasteiger partial charge in [-0.3, -0.25) is 0 Å². The van der Waals surface area contributed by atoms with Gasteiger partial charge in [0.15, 0.2) is 0 Å². The lowest BCUT2D eigenvalue weighted by atomic mass is 10.3. The lowest BCUT2D eigenvalue weighted by molar-refractivity contribution is 0.0986. The zero-order valence-corrected chi connectivity index (χ0v) is 11.7. The molecule has 102 valence electrons. The maximum Gasteiger partial charge on any atom is 0.221 e. The van der Waals surface area contributed by atoms with Crippen molar-refractivity contribution in [2.75, 3.05) is 32.2 Å². The molecule has 0 bridgehead atoms. The number of hydrogen-bond acceptors (Lipinski definition) is 5. The minimum Gasteiger partial charge on any atom is -0.475 e. The highest BCUT2D eigenvalue weighted by Crippen LogP contribution is 2.21. The maximum atomic E-state index is 5.65. The van der Waals surface area contributed by atoms with E-state index >= 15 is 0 Å². The first kappa shape index (κ1) is 14.7. The minimum atomic E-state index is 0.518. The topological polar surface area (TPSA) is 56.3 Å². The van der Waals surface area contributed by atoms with Crippen molar-refractivity contribution in [2.24, 2.45) is 0 Å². The van der Waals surface area contributed by atoms with Crippen LogP contribution in [0.4, 0.5) is 5.82 Å². The van der Waals surface area contributed by atoms with Crippen LogP contribution in [0.15, 0.2) is 0 Å². The van der Waals surface area contributed by atoms with Crippen LogP contribution < -0.4 is 10.1 Å². The van der Waals surface area contributed by atoms with E-state index < -0.39 is 0 Å². The predicted molar refractivity (Wildman–Crippen MR) is 72.3 cm³/mol. The van der Waals surface area contributed by atoms with Gasteiger partial charge in [0.1, 0.15) is 18.2 Å². The van der Waals surface area contributed by atoms with Gasteiger partial charge in [-0.1, -0.05) is 13.8 Å². The van der Waals surface area contributed by atoms with Crippen LogP contribution in [0, 0.1) is 6.92 Å². The molecule has 0 aliphatic rings. The molecule has 0 spiro atoms. The summed E-state index contributed by atoms with van der Waals surface area (Å²) in [5.41, 5.74) is 0.935. The van der Waals surface area contributed by atoms with Crippen LogP contribution in [-0.2, 0) is 11.2 Å². The van der Waals surface area contributed by atoms with E-state index in [9.17, 15) is 0 Å². The van der Waals surface area contributed by atoms with E-state index in [-0.39, 0.29) is 0 Å². The summed E-state index contributed by atoms with van der Waals surface area (Å²) in [5, 5.41) is 3.06. The van der Waals surface area contributed by atoms with Gasteiger partial charge in [-0.15, -0.1) is 0 Å². The SMILES string of the molecule is CCCOCCOc1nc(CC)nc(NC)c1C. The van der Waals surface area contributed by atoms with Crippen LogP contribution in [0.1, 0.15) is 31.7 Å². The molecular weight excluding hydrogens is 230 g/mol. The molecule has 18 heavy (non-hydrogen) atoms. The number of rotatable bonds is 8. The molecule has 0 atom stereocenters. The van der Waals surface area contributed by atoms with Crippen molar-refractivity contribution >= 4 is 5.82 Å². The zero-order chi connectivity index (χ0) is 13.4. The van der Waals surface area contributed by atoms with Crippen molar-refractivity contribution in [1.29, 1.82) is 0 Å². The molecule has 0 amide bonds. The number of nitrogens with one attached hydrogen (secondary N) is 1. The minimum absolute atomic E-state index is 0.518. The first-order valence-electron chi connectivity index (χ1n) is 6.48. The molecule has 0 saturated heterocycles. The molecule has 0 aliphatic heterocycles. The number of aryl methyl sites for hydroxylation is 1. The second kappa shape index (κ2) is 7.87. The van der Waals surface area contributed by atoms with E-state index in [4.69, 9.17) is 9.47 Å². The Kier molecular flexibility index (Phi) is 6.43. The molecule has 0 aromatic carbocycles. The highest BCUT2D eigenvalue weighted by Gasteiger charge is 2.10. The Labute approximate surface area is 109 Å². The van der Waals surface area contributed by atoms with E-state index in [1.54, 1.807) is 0 Å². The lowest BCUT2D eigenvalue weighted by Crippen LogP contribution is -2.11. The first-order valence-corrected chi connectivity index (χ1v) is 6.48. The van der Waals surface area contributed by atoms with Gasteiger partial charge in [0, 0.05) is 20.1 Å². The van der Waals surface area contributed by atoms with Gasteiger partial charge in [0.05, 0.1) is 12.2 Å². The highest BCUT2D eigenvalue weighted by molar-refractivity contribution is 5.48. The van der Waals surface area contributed by atoms with Gasteiger partial charge in [-0.25, -0.2) is 4.98 Å². The average molecular weight is 253 g/mol. The summed E-state index contributed by atoms with van der Waals surface area (Å²) in [5.74, 6) is 2.26. The van der Waals surface area contributed by atoms with Crippen LogP contribution in [0.2, 0.25) is 0 Å². The van der Waals surface area contributed by atoms with Gasteiger partial charge < -0.3 is 14.8 Å². The molecule has 0 aliphatic carbocycles. The van der Waals surface area contributed by atoms with Crippen molar-refractivity contribution < 1.29 is 9.47 Å². The van der Waals surface area contributed by atoms with Crippen molar-refractivity contribution in [2.45, 2.75) is 33.6 Å². The van der Waals surface area contributed by atoms with Gasteiger partial charge >= 0.3 is 0 Å². The molecule has 5 nitrogen and oxygen atoms in total. The molecule has 1 N–H and O–H groups in total. The first-order chi connectivity index (χ1) is 8.72. The summed E-state index contributed by atoms with van der Waals surface area (Å²) in [6.45, 7) is 7.94. The van der Waals surface area contributed by atoms with E-state index in [1.807, 2.05) is 20.9 Å². The maximum absolute atomic E-state index is 5.65. The number of nitrogens with zero attached hydrogens (tertiary/aromatic N) is 2. The highest BCUT2D eigenvalue weighted by atomic mass is 16.5. The molecule has 5 heteroatoms. The molecule has 0 saturated carbocycles. The normalized spacial score (nSPS) is 10.4. The predicted octanol–water partition coefficient (Wildman–Crippen LogP) is 2.19. The van der Waals surface area contributed by atoms with Crippen molar-refractivity contribution in [1.82, 2.24) is 9.97 Å². The fourth-order valence-electron chi connectivity index (χ4n) is 1.53. The Hall–Kier alpha value is -1.36. The molecule has 1 heterocycles. The average Bonchev–Trinajstić information content (AvgIpc) is 2.40. The smallest absolute Gasteiger partial charge is 0.221 e. The van der Waals surface area contributed by atoms with E-state index in [2.05, 4.69) is 22.2 Å². The largest absolute Gasteiger partial charge is 0.475 e. The van der Waals surface area contributed by atoms with Crippen LogP contribution in [0.3, 0.4) is 0 Å². The van der Waals surface area contributed by atoms with Gasteiger partial charge in [0.25, 0.3) is 0 Å². The third-order valence-corrected chi connectivity index (χ3v) is 2.52. The van der Waals surface area contributed by atoms with Crippen LogP contribution >= 0.6 is 0 Å². The molecule has 1 aromatic heterocycles. The fraction of sp³-hybridized carbons (Fsp3) is 0.692. The molecule has 1 rings (SSSR count). The summed E-state index contributed by atoms with van der Waals surface area (Å²) < 4.78 is 11.0. The Morgan fingerprint density at radius 1 is 1.11 bits per heavy atom.